The molecular weight excluding hydrogens is 617 g/mol. The first-order valence-corrected chi connectivity index (χ1v) is 16.8. The van der Waals surface area contributed by atoms with Crippen LogP contribution in [0.1, 0.15) is 43.7 Å². The molecule has 0 heterocycles. The van der Waals surface area contributed by atoms with E-state index in [1.807, 2.05) is 37.3 Å². The van der Waals surface area contributed by atoms with E-state index in [1.165, 1.54) is 9.21 Å². The van der Waals surface area contributed by atoms with E-state index >= 15 is 0 Å². The molecular formula is C31H36Cl3N3O4S. The Morgan fingerprint density at radius 2 is 1.57 bits per heavy atom. The second-order valence-electron chi connectivity index (χ2n) is 9.99. The van der Waals surface area contributed by atoms with Crippen molar-refractivity contribution in [3.63, 3.8) is 0 Å². The van der Waals surface area contributed by atoms with Crippen LogP contribution in [-0.2, 0) is 32.6 Å². The lowest BCUT2D eigenvalue weighted by atomic mass is 10.0. The zero-order chi connectivity index (χ0) is 30.7. The van der Waals surface area contributed by atoms with Crippen LogP contribution in [0.4, 0.5) is 5.69 Å². The van der Waals surface area contributed by atoms with Crippen molar-refractivity contribution >= 4 is 62.3 Å². The Morgan fingerprint density at radius 1 is 0.905 bits per heavy atom. The molecule has 0 aliphatic heterocycles. The summed E-state index contributed by atoms with van der Waals surface area (Å²) < 4.78 is 26.4. The molecule has 0 fully saturated rings. The van der Waals surface area contributed by atoms with Crippen LogP contribution in [-0.4, -0.2) is 50.5 Å². The number of carbonyl (C=O) groups is 2. The average molecular weight is 653 g/mol. The van der Waals surface area contributed by atoms with Gasteiger partial charge in [-0.3, -0.25) is 13.9 Å². The first-order valence-electron chi connectivity index (χ1n) is 13.8. The normalized spacial score (nSPS) is 12.0. The van der Waals surface area contributed by atoms with Crippen LogP contribution in [0.5, 0.6) is 0 Å². The van der Waals surface area contributed by atoms with Crippen molar-refractivity contribution in [3.8, 4) is 0 Å². The van der Waals surface area contributed by atoms with E-state index in [9.17, 15) is 18.0 Å². The third-order valence-corrected chi connectivity index (χ3v) is 8.88. The van der Waals surface area contributed by atoms with Gasteiger partial charge >= 0.3 is 0 Å². The van der Waals surface area contributed by atoms with Gasteiger partial charge in [0.15, 0.2) is 0 Å². The highest BCUT2D eigenvalue weighted by molar-refractivity contribution is 7.92. The van der Waals surface area contributed by atoms with Gasteiger partial charge in [0.2, 0.25) is 21.8 Å². The maximum absolute atomic E-state index is 13.9. The number of anilines is 1. The summed E-state index contributed by atoms with van der Waals surface area (Å²) in [7, 11) is -3.65. The Balaban J connectivity index is 1.91. The van der Waals surface area contributed by atoms with Crippen LogP contribution in [0, 0.1) is 0 Å². The molecule has 3 aromatic carbocycles. The van der Waals surface area contributed by atoms with Crippen LogP contribution >= 0.6 is 34.8 Å². The number of amides is 2. The van der Waals surface area contributed by atoms with E-state index < -0.39 is 16.1 Å². The van der Waals surface area contributed by atoms with Crippen molar-refractivity contribution in [1.29, 1.82) is 0 Å². The first-order chi connectivity index (χ1) is 20.0. The predicted octanol–water partition coefficient (Wildman–Crippen LogP) is 6.75. The molecule has 1 atom stereocenters. The molecule has 0 radical (unpaired) electrons. The van der Waals surface area contributed by atoms with Gasteiger partial charge in [0.05, 0.1) is 11.9 Å². The van der Waals surface area contributed by atoms with E-state index in [4.69, 9.17) is 34.8 Å². The summed E-state index contributed by atoms with van der Waals surface area (Å²) in [5.74, 6) is -0.599. The van der Waals surface area contributed by atoms with Crippen LogP contribution in [0.25, 0.3) is 0 Å². The molecule has 0 unspecified atom stereocenters. The summed E-state index contributed by atoms with van der Waals surface area (Å²) in [6, 6.07) is 20.3. The van der Waals surface area contributed by atoms with Gasteiger partial charge in [-0.1, -0.05) is 90.6 Å². The van der Waals surface area contributed by atoms with E-state index in [0.717, 1.165) is 24.7 Å². The van der Waals surface area contributed by atoms with Gasteiger partial charge in [0.25, 0.3) is 0 Å². The maximum atomic E-state index is 13.9. The molecule has 11 heteroatoms. The molecule has 1 N–H and O–H groups in total. The van der Waals surface area contributed by atoms with Crippen LogP contribution in [0.2, 0.25) is 15.1 Å². The molecule has 42 heavy (non-hydrogen) atoms. The van der Waals surface area contributed by atoms with Gasteiger partial charge in [0.1, 0.15) is 6.04 Å². The first kappa shape index (κ1) is 33.7. The number of unbranched alkanes of at least 4 members (excludes halogenated alkanes) is 1. The standard InChI is InChI=1S/C31H36Cl3N3O4S/c1-3-4-18-35-31(39)29(20-23-11-6-5-7-12-23)36(22-26-27(33)15-9-16-28(26)34)30(38)17-10-19-37(42(2,40)41)25-14-8-13-24(32)21-25/h5-9,11-16,21,29H,3-4,10,17-20,22H2,1-2H3,(H,35,39)/t29-/m0/s1. The Hall–Kier alpha value is -2.78. The second kappa shape index (κ2) is 16.2. The third kappa shape index (κ3) is 9.90. The third-order valence-electron chi connectivity index (χ3n) is 6.74. The molecule has 2 amide bonds. The summed E-state index contributed by atoms with van der Waals surface area (Å²) in [6.07, 6.45) is 3.30. The molecule has 0 bridgehead atoms. The number of carbonyl (C=O) groups excluding carboxylic acids is 2. The minimum Gasteiger partial charge on any atom is -0.354 e. The maximum Gasteiger partial charge on any atom is 0.243 e. The number of rotatable bonds is 15. The summed E-state index contributed by atoms with van der Waals surface area (Å²) >= 11 is 19.1. The van der Waals surface area contributed by atoms with Crippen molar-refractivity contribution in [3.05, 3.63) is 99.0 Å². The van der Waals surface area contributed by atoms with Gasteiger partial charge in [-0.15, -0.1) is 0 Å². The van der Waals surface area contributed by atoms with E-state index in [-0.39, 0.29) is 44.2 Å². The topological polar surface area (TPSA) is 86.8 Å². The van der Waals surface area contributed by atoms with E-state index in [0.29, 0.717) is 32.9 Å². The monoisotopic (exact) mass is 651 g/mol. The number of hydrogen-bond donors (Lipinski definition) is 1. The highest BCUT2D eigenvalue weighted by atomic mass is 35.5. The highest BCUT2D eigenvalue weighted by Crippen LogP contribution is 2.28. The van der Waals surface area contributed by atoms with Crippen LogP contribution in [0.15, 0.2) is 72.8 Å². The molecule has 3 aromatic rings. The smallest absolute Gasteiger partial charge is 0.243 e. The van der Waals surface area contributed by atoms with Gasteiger partial charge in [-0.25, -0.2) is 8.42 Å². The van der Waals surface area contributed by atoms with E-state index in [1.54, 1.807) is 42.5 Å². The predicted molar refractivity (Wildman–Crippen MR) is 172 cm³/mol. The second-order valence-corrected chi connectivity index (χ2v) is 13.1. The van der Waals surface area contributed by atoms with Crippen molar-refractivity contribution in [2.45, 2.75) is 51.6 Å². The Morgan fingerprint density at radius 3 is 2.19 bits per heavy atom. The fourth-order valence-corrected chi connectivity index (χ4v) is 6.21. The van der Waals surface area contributed by atoms with Gasteiger partial charge in [0, 0.05) is 53.1 Å². The van der Waals surface area contributed by atoms with Crippen LogP contribution in [0.3, 0.4) is 0 Å². The molecule has 7 nitrogen and oxygen atoms in total. The summed E-state index contributed by atoms with van der Waals surface area (Å²) in [5, 5.41) is 4.14. The fraction of sp³-hybridized carbons (Fsp3) is 0.355. The van der Waals surface area contributed by atoms with Gasteiger partial charge in [-0.2, -0.15) is 0 Å². The number of nitrogens with zero attached hydrogens (tertiary/aromatic N) is 2. The lowest BCUT2D eigenvalue weighted by Crippen LogP contribution is -2.50. The zero-order valence-corrected chi connectivity index (χ0v) is 26.8. The van der Waals surface area contributed by atoms with Gasteiger partial charge in [-0.05, 0) is 48.7 Å². The minimum atomic E-state index is -3.65. The van der Waals surface area contributed by atoms with Crippen molar-refractivity contribution < 1.29 is 18.0 Å². The molecule has 0 saturated heterocycles. The minimum absolute atomic E-state index is 0.0117. The lowest BCUT2D eigenvalue weighted by molar-refractivity contribution is -0.141. The summed E-state index contributed by atoms with van der Waals surface area (Å²) in [5.41, 5.74) is 1.83. The Labute approximate surface area is 263 Å². The molecule has 0 aromatic heterocycles. The quantitative estimate of drug-likeness (QED) is 0.184. The SMILES string of the molecule is CCCCNC(=O)[C@H](Cc1ccccc1)N(Cc1c(Cl)cccc1Cl)C(=O)CCCN(c1cccc(Cl)c1)S(C)(=O)=O. The largest absolute Gasteiger partial charge is 0.354 e. The van der Waals surface area contributed by atoms with Crippen molar-refractivity contribution in [1.82, 2.24) is 10.2 Å². The molecule has 3 rings (SSSR count). The van der Waals surface area contributed by atoms with Gasteiger partial charge < -0.3 is 10.2 Å². The molecule has 0 aliphatic carbocycles. The molecule has 0 aliphatic rings. The Kier molecular flexibility index (Phi) is 13.0. The highest BCUT2D eigenvalue weighted by Gasteiger charge is 2.31. The summed E-state index contributed by atoms with van der Waals surface area (Å²) in [6.45, 7) is 2.59. The van der Waals surface area contributed by atoms with E-state index in [2.05, 4.69) is 5.32 Å². The van der Waals surface area contributed by atoms with Crippen molar-refractivity contribution in [2.75, 3.05) is 23.7 Å². The lowest BCUT2D eigenvalue weighted by Gasteiger charge is -2.32. The number of halogens is 3. The molecule has 0 saturated carbocycles. The fourth-order valence-electron chi connectivity index (χ4n) is 4.55. The zero-order valence-electron chi connectivity index (χ0n) is 23.7. The average Bonchev–Trinajstić information content (AvgIpc) is 2.94. The summed E-state index contributed by atoms with van der Waals surface area (Å²) in [4.78, 5) is 29.0. The number of nitrogens with one attached hydrogen (secondary N) is 1. The Bertz CT molecular complexity index is 1430. The van der Waals surface area contributed by atoms with Crippen LogP contribution < -0.4 is 9.62 Å². The number of benzene rings is 3. The number of hydrogen-bond acceptors (Lipinski definition) is 4. The number of sulfonamides is 1. The van der Waals surface area contributed by atoms with Crippen molar-refractivity contribution in [2.24, 2.45) is 0 Å². The molecule has 226 valence electrons. The molecule has 0 spiro atoms.